The van der Waals surface area contributed by atoms with E-state index in [9.17, 15) is 0 Å². The lowest BCUT2D eigenvalue weighted by Crippen LogP contribution is -2.10. The maximum absolute atomic E-state index is 5.91. The molecule has 0 unspecified atom stereocenters. The van der Waals surface area contributed by atoms with Crippen LogP contribution in [0.5, 0.6) is 11.6 Å². The van der Waals surface area contributed by atoms with Gasteiger partial charge in [-0.15, -0.1) is 0 Å². The minimum absolute atomic E-state index is 0.145. The van der Waals surface area contributed by atoms with E-state index >= 15 is 0 Å². The summed E-state index contributed by atoms with van der Waals surface area (Å²) in [5.41, 5.74) is 2.45. The van der Waals surface area contributed by atoms with Gasteiger partial charge in [0.05, 0.1) is 0 Å². The molecule has 0 bridgehead atoms. The number of ether oxygens (including phenoxy) is 1. The fourth-order valence-electron chi connectivity index (χ4n) is 2.01. The Bertz CT molecular complexity index is 603. The summed E-state index contributed by atoms with van der Waals surface area (Å²) in [6.07, 6.45) is 1.75. The summed E-state index contributed by atoms with van der Waals surface area (Å²) in [6.45, 7) is 7.31. The molecule has 0 saturated heterocycles. The van der Waals surface area contributed by atoms with Gasteiger partial charge in [0.25, 0.3) is 0 Å². The van der Waals surface area contributed by atoms with E-state index in [0.717, 1.165) is 15.8 Å². The molecule has 4 heteroatoms. The van der Waals surface area contributed by atoms with Crippen LogP contribution >= 0.6 is 15.9 Å². The molecule has 3 nitrogen and oxygen atoms in total. The van der Waals surface area contributed by atoms with E-state index in [-0.39, 0.29) is 5.41 Å². The van der Waals surface area contributed by atoms with E-state index in [0.29, 0.717) is 12.4 Å². The third-order valence-corrected chi connectivity index (χ3v) is 3.63. The average molecular weight is 349 g/mol. The van der Waals surface area contributed by atoms with Crippen molar-refractivity contribution in [3.05, 3.63) is 52.1 Å². The van der Waals surface area contributed by atoms with Gasteiger partial charge in [0.15, 0.2) is 0 Å². The van der Waals surface area contributed by atoms with E-state index < -0.39 is 0 Å². The first kappa shape index (κ1) is 16.0. The minimum Gasteiger partial charge on any atom is -0.439 e. The first-order valence-corrected chi connectivity index (χ1v) is 7.77. The van der Waals surface area contributed by atoms with Crippen molar-refractivity contribution in [2.24, 2.45) is 0 Å². The molecular weight excluding hydrogens is 328 g/mol. The molecule has 0 spiro atoms. The molecule has 1 aromatic heterocycles. The Morgan fingerprint density at radius 1 is 1.19 bits per heavy atom. The van der Waals surface area contributed by atoms with Gasteiger partial charge in [-0.25, -0.2) is 4.98 Å². The number of halogens is 1. The number of aromatic nitrogens is 1. The van der Waals surface area contributed by atoms with Gasteiger partial charge >= 0.3 is 0 Å². The van der Waals surface area contributed by atoms with Crippen LogP contribution < -0.4 is 10.1 Å². The minimum atomic E-state index is 0.145. The molecule has 21 heavy (non-hydrogen) atoms. The maximum atomic E-state index is 5.91. The van der Waals surface area contributed by atoms with Gasteiger partial charge in [-0.2, -0.15) is 0 Å². The number of benzene rings is 1. The molecule has 1 N–H and O–H groups in total. The van der Waals surface area contributed by atoms with Crippen molar-refractivity contribution in [3.8, 4) is 11.6 Å². The van der Waals surface area contributed by atoms with E-state index in [1.165, 1.54) is 5.56 Å². The van der Waals surface area contributed by atoms with Crippen molar-refractivity contribution in [1.82, 2.24) is 10.3 Å². The Morgan fingerprint density at radius 3 is 2.43 bits per heavy atom. The fraction of sp³-hybridized carbons (Fsp3) is 0.353. The molecule has 2 aromatic rings. The standard InChI is InChI=1S/C17H21BrN2O/c1-17(2,3)13-5-7-15(8-6-13)21-16-12(10-19-4)9-14(18)11-20-16/h5-9,11,19H,10H2,1-4H3. The lowest BCUT2D eigenvalue weighted by molar-refractivity contribution is 0.453. The van der Waals surface area contributed by atoms with Crippen molar-refractivity contribution in [2.75, 3.05) is 7.05 Å². The molecule has 0 atom stereocenters. The number of nitrogens with one attached hydrogen (secondary N) is 1. The highest BCUT2D eigenvalue weighted by Gasteiger charge is 2.13. The number of nitrogens with zero attached hydrogens (tertiary/aromatic N) is 1. The van der Waals surface area contributed by atoms with Gasteiger partial charge < -0.3 is 10.1 Å². The second-order valence-corrected chi connectivity index (χ2v) is 6.94. The van der Waals surface area contributed by atoms with Crippen LogP contribution in [0.3, 0.4) is 0 Å². The van der Waals surface area contributed by atoms with Crippen LogP contribution in [0.15, 0.2) is 41.0 Å². The number of hydrogen-bond donors (Lipinski definition) is 1. The molecular formula is C17H21BrN2O. The third-order valence-electron chi connectivity index (χ3n) is 3.19. The fourth-order valence-corrected chi connectivity index (χ4v) is 2.39. The van der Waals surface area contributed by atoms with Gasteiger partial charge in [-0.3, -0.25) is 0 Å². The van der Waals surface area contributed by atoms with E-state index in [2.05, 4.69) is 59.1 Å². The molecule has 0 aliphatic heterocycles. The third kappa shape index (κ3) is 4.29. The van der Waals surface area contributed by atoms with Crippen molar-refractivity contribution < 1.29 is 4.74 Å². The zero-order valence-corrected chi connectivity index (χ0v) is 14.5. The summed E-state index contributed by atoms with van der Waals surface area (Å²) in [4.78, 5) is 4.35. The normalized spacial score (nSPS) is 11.5. The zero-order valence-electron chi connectivity index (χ0n) is 12.9. The smallest absolute Gasteiger partial charge is 0.223 e. The summed E-state index contributed by atoms with van der Waals surface area (Å²) in [6, 6.07) is 10.2. The van der Waals surface area contributed by atoms with Crippen LogP contribution in [-0.2, 0) is 12.0 Å². The van der Waals surface area contributed by atoms with E-state index in [1.54, 1.807) is 6.20 Å². The first-order valence-electron chi connectivity index (χ1n) is 6.97. The Hall–Kier alpha value is -1.39. The molecule has 0 saturated carbocycles. The van der Waals surface area contributed by atoms with E-state index in [1.807, 2.05) is 25.2 Å². The lowest BCUT2D eigenvalue weighted by atomic mass is 9.87. The Morgan fingerprint density at radius 2 is 1.86 bits per heavy atom. The van der Waals surface area contributed by atoms with Gasteiger partial charge in [0, 0.05) is 22.8 Å². The van der Waals surface area contributed by atoms with Gasteiger partial charge in [-0.1, -0.05) is 32.9 Å². The van der Waals surface area contributed by atoms with Crippen molar-refractivity contribution in [1.29, 1.82) is 0 Å². The van der Waals surface area contributed by atoms with Crippen LogP contribution in [0, 0.1) is 0 Å². The largest absolute Gasteiger partial charge is 0.439 e. The monoisotopic (exact) mass is 348 g/mol. The molecule has 0 amide bonds. The van der Waals surface area contributed by atoms with Crippen LogP contribution in [0.25, 0.3) is 0 Å². The molecule has 0 aliphatic carbocycles. The first-order chi connectivity index (χ1) is 9.90. The van der Waals surface area contributed by atoms with Crippen LogP contribution in [0.1, 0.15) is 31.9 Å². The highest BCUT2D eigenvalue weighted by atomic mass is 79.9. The highest BCUT2D eigenvalue weighted by Crippen LogP contribution is 2.28. The SMILES string of the molecule is CNCc1cc(Br)cnc1Oc1ccc(C(C)(C)C)cc1. The van der Waals surface area contributed by atoms with Crippen molar-refractivity contribution >= 4 is 15.9 Å². The van der Waals surface area contributed by atoms with Crippen LogP contribution in [-0.4, -0.2) is 12.0 Å². The summed E-state index contributed by atoms with van der Waals surface area (Å²) in [5, 5.41) is 3.13. The Labute approximate surface area is 134 Å². The van der Waals surface area contributed by atoms with Gasteiger partial charge in [0.1, 0.15) is 5.75 Å². The highest BCUT2D eigenvalue weighted by molar-refractivity contribution is 9.10. The second kappa shape index (κ2) is 6.58. The van der Waals surface area contributed by atoms with Gasteiger partial charge in [0.2, 0.25) is 5.88 Å². The Balaban J connectivity index is 2.22. The van der Waals surface area contributed by atoms with Crippen LogP contribution in [0.2, 0.25) is 0 Å². The summed E-state index contributed by atoms with van der Waals surface area (Å²) >= 11 is 3.44. The topological polar surface area (TPSA) is 34.2 Å². The second-order valence-electron chi connectivity index (χ2n) is 6.02. The molecule has 2 rings (SSSR count). The predicted octanol–water partition coefficient (Wildman–Crippen LogP) is 4.65. The van der Waals surface area contributed by atoms with E-state index in [4.69, 9.17) is 4.74 Å². The van der Waals surface area contributed by atoms with Crippen LogP contribution in [0.4, 0.5) is 0 Å². The average Bonchev–Trinajstić information content (AvgIpc) is 2.42. The van der Waals surface area contributed by atoms with Crippen molar-refractivity contribution in [3.63, 3.8) is 0 Å². The molecule has 1 aromatic carbocycles. The summed E-state index contributed by atoms with van der Waals surface area (Å²) in [7, 11) is 1.91. The number of rotatable bonds is 4. The maximum Gasteiger partial charge on any atom is 0.223 e. The molecule has 112 valence electrons. The Kier molecular flexibility index (Phi) is 5.01. The number of hydrogen-bond acceptors (Lipinski definition) is 3. The molecule has 1 heterocycles. The lowest BCUT2D eigenvalue weighted by Gasteiger charge is -2.19. The summed E-state index contributed by atoms with van der Waals surface area (Å²) in [5.74, 6) is 1.44. The number of pyridine rings is 1. The van der Waals surface area contributed by atoms with Crippen molar-refractivity contribution in [2.45, 2.75) is 32.7 Å². The summed E-state index contributed by atoms with van der Waals surface area (Å²) < 4.78 is 6.86. The molecule has 0 fully saturated rings. The predicted molar refractivity (Wildman–Crippen MR) is 89.9 cm³/mol. The quantitative estimate of drug-likeness (QED) is 0.872. The molecule has 0 radical (unpaired) electrons. The van der Waals surface area contributed by atoms with Gasteiger partial charge in [-0.05, 0) is 52.2 Å². The zero-order chi connectivity index (χ0) is 15.5. The molecule has 0 aliphatic rings.